The fraction of sp³-hybridized carbons (Fsp3) is 0.368. The summed E-state index contributed by atoms with van der Waals surface area (Å²) in [6.07, 6.45) is 2.43. The molecule has 0 unspecified atom stereocenters. The Labute approximate surface area is 138 Å². The van der Waals surface area contributed by atoms with Gasteiger partial charge in [-0.05, 0) is 43.7 Å². The third kappa shape index (κ3) is 3.48. The number of benzene rings is 2. The van der Waals surface area contributed by atoms with Gasteiger partial charge in [0.2, 0.25) is 0 Å². The van der Waals surface area contributed by atoms with Gasteiger partial charge in [-0.2, -0.15) is 0 Å². The maximum atomic E-state index is 11.6. The van der Waals surface area contributed by atoms with E-state index in [1.807, 2.05) is 12.1 Å². The average Bonchev–Trinajstić information content (AvgIpc) is 3.34. The third-order valence-electron chi connectivity index (χ3n) is 4.91. The summed E-state index contributed by atoms with van der Waals surface area (Å²) in [6, 6.07) is 18.7. The van der Waals surface area contributed by atoms with Gasteiger partial charge < -0.3 is 0 Å². The van der Waals surface area contributed by atoms with E-state index in [9.17, 15) is 8.42 Å². The number of hydrogen-bond donors (Lipinski definition) is 0. The first kappa shape index (κ1) is 16.2. The Morgan fingerprint density at radius 2 is 1.65 bits per heavy atom. The Morgan fingerprint density at radius 3 is 2.22 bits per heavy atom. The van der Waals surface area contributed by atoms with Crippen molar-refractivity contribution in [3.05, 3.63) is 65.7 Å². The molecule has 0 aromatic heterocycles. The zero-order chi connectivity index (χ0) is 16.6. The molecule has 0 bridgehead atoms. The quantitative estimate of drug-likeness (QED) is 0.840. The van der Waals surface area contributed by atoms with E-state index in [4.69, 9.17) is 0 Å². The molecule has 0 aliphatic heterocycles. The molecule has 3 nitrogen and oxygen atoms in total. The second-order valence-electron chi connectivity index (χ2n) is 6.50. The van der Waals surface area contributed by atoms with Crippen molar-refractivity contribution in [1.29, 1.82) is 0 Å². The monoisotopic (exact) mass is 329 g/mol. The van der Waals surface area contributed by atoms with Crippen molar-refractivity contribution < 1.29 is 8.42 Å². The first-order valence-corrected chi connectivity index (χ1v) is 9.84. The van der Waals surface area contributed by atoms with Gasteiger partial charge in [-0.25, -0.2) is 8.42 Å². The van der Waals surface area contributed by atoms with Crippen molar-refractivity contribution in [2.75, 3.05) is 13.3 Å². The smallest absolute Gasteiger partial charge is 0.175 e. The minimum atomic E-state index is -3.13. The predicted octanol–water partition coefficient (Wildman–Crippen LogP) is 3.64. The number of sulfone groups is 1. The molecule has 1 aliphatic rings. The summed E-state index contributed by atoms with van der Waals surface area (Å²) < 4.78 is 23.1. The molecule has 1 aliphatic carbocycles. The number of nitrogens with zero attached hydrogens (tertiary/aromatic N) is 1. The summed E-state index contributed by atoms with van der Waals surface area (Å²) in [6.45, 7) is 2.18. The topological polar surface area (TPSA) is 37.4 Å². The van der Waals surface area contributed by atoms with Gasteiger partial charge in [0.25, 0.3) is 0 Å². The van der Waals surface area contributed by atoms with Crippen LogP contribution in [0.1, 0.15) is 36.4 Å². The molecule has 2 aromatic rings. The van der Waals surface area contributed by atoms with Crippen molar-refractivity contribution >= 4 is 9.84 Å². The van der Waals surface area contributed by atoms with E-state index in [1.165, 1.54) is 18.2 Å². The van der Waals surface area contributed by atoms with Gasteiger partial charge in [-0.3, -0.25) is 4.90 Å². The number of rotatable bonds is 5. The van der Waals surface area contributed by atoms with Gasteiger partial charge in [-0.1, -0.05) is 42.5 Å². The molecule has 3 atom stereocenters. The van der Waals surface area contributed by atoms with Crippen molar-refractivity contribution in [2.24, 2.45) is 0 Å². The van der Waals surface area contributed by atoms with Crippen LogP contribution < -0.4 is 0 Å². The first-order valence-electron chi connectivity index (χ1n) is 7.95. The Bertz CT molecular complexity index is 769. The van der Waals surface area contributed by atoms with Crippen LogP contribution in [-0.4, -0.2) is 32.7 Å². The fourth-order valence-corrected chi connectivity index (χ4v) is 3.84. The summed E-state index contributed by atoms with van der Waals surface area (Å²) in [4.78, 5) is 2.78. The van der Waals surface area contributed by atoms with Gasteiger partial charge in [-0.15, -0.1) is 0 Å². The predicted molar refractivity (Wildman–Crippen MR) is 93.3 cm³/mol. The largest absolute Gasteiger partial charge is 0.296 e. The highest BCUT2D eigenvalue weighted by atomic mass is 32.2. The average molecular weight is 329 g/mol. The first-order chi connectivity index (χ1) is 10.9. The van der Waals surface area contributed by atoms with Crippen LogP contribution in [0.3, 0.4) is 0 Å². The summed E-state index contributed by atoms with van der Waals surface area (Å²) in [5.74, 6) is 0.610. The molecule has 2 aromatic carbocycles. The maximum absolute atomic E-state index is 11.6. The zero-order valence-corrected chi connectivity index (χ0v) is 14.6. The van der Waals surface area contributed by atoms with E-state index in [-0.39, 0.29) is 6.04 Å². The number of hydrogen-bond acceptors (Lipinski definition) is 3. The lowest BCUT2D eigenvalue weighted by Gasteiger charge is -2.26. The van der Waals surface area contributed by atoms with E-state index in [1.54, 1.807) is 12.1 Å². The van der Waals surface area contributed by atoms with Crippen LogP contribution in [0, 0.1) is 0 Å². The van der Waals surface area contributed by atoms with Crippen LogP contribution in [0.4, 0.5) is 0 Å². The minimum Gasteiger partial charge on any atom is -0.296 e. The van der Waals surface area contributed by atoms with E-state index < -0.39 is 9.84 Å². The summed E-state index contributed by atoms with van der Waals surface area (Å²) >= 11 is 0. The van der Waals surface area contributed by atoms with Gasteiger partial charge in [0.1, 0.15) is 0 Å². The van der Waals surface area contributed by atoms with Crippen molar-refractivity contribution in [3.63, 3.8) is 0 Å². The standard InChI is InChI=1S/C19H23NO2S/c1-14(15-9-11-17(12-10-15)23(3,21)22)20(2)19-13-18(19)16-7-5-4-6-8-16/h4-12,14,18-19H,13H2,1-3H3/t14-,18+,19+/m1/s1. The van der Waals surface area contributed by atoms with Crippen LogP contribution >= 0.6 is 0 Å². The highest BCUT2D eigenvalue weighted by molar-refractivity contribution is 7.90. The van der Waals surface area contributed by atoms with E-state index in [0.717, 1.165) is 5.56 Å². The summed E-state index contributed by atoms with van der Waals surface area (Å²) in [7, 11) is -0.972. The molecular weight excluding hydrogens is 306 g/mol. The molecular formula is C19H23NO2S. The lowest BCUT2D eigenvalue weighted by molar-refractivity contribution is 0.247. The Morgan fingerprint density at radius 1 is 1.04 bits per heavy atom. The summed E-state index contributed by atoms with van der Waals surface area (Å²) in [5, 5.41) is 0. The molecule has 4 heteroatoms. The van der Waals surface area contributed by atoms with Crippen molar-refractivity contribution in [2.45, 2.75) is 36.2 Å². The highest BCUT2D eigenvalue weighted by Crippen LogP contribution is 2.46. The molecule has 0 spiro atoms. The lowest BCUT2D eigenvalue weighted by Crippen LogP contribution is -2.25. The molecule has 1 saturated carbocycles. The molecule has 122 valence electrons. The van der Waals surface area contributed by atoms with Crippen LogP contribution in [0.25, 0.3) is 0 Å². The van der Waals surface area contributed by atoms with E-state index in [0.29, 0.717) is 16.9 Å². The Hall–Kier alpha value is -1.65. The van der Waals surface area contributed by atoms with Crippen LogP contribution in [0.2, 0.25) is 0 Å². The SMILES string of the molecule is C[C@H](c1ccc(S(C)(=O)=O)cc1)N(C)[C@H]1C[C@H]1c1ccccc1. The van der Waals surface area contributed by atoms with Gasteiger partial charge in [0.15, 0.2) is 9.84 Å². The molecule has 23 heavy (non-hydrogen) atoms. The van der Waals surface area contributed by atoms with Crippen LogP contribution in [0.15, 0.2) is 59.5 Å². The third-order valence-corrected chi connectivity index (χ3v) is 6.04. The second-order valence-corrected chi connectivity index (χ2v) is 8.52. The fourth-order valence-electron chi connectivity index (χ4n) is 3.21. The highest BCUT2D eigenvalue weighted by Gasteiger charge is 2.42. The van der Waals surface area contributed by atoms with Crippen LogP contribution in [-0.2, 0) is 9.84 Å². The van der Waals surface area contributed by atoms with Crippen molar-refractivity contribution in [3.8, 4) is 0 Å². The lowest BCUT2D eigenvalue weighted by atomic mass is 10.1. The maximum Gasteiger partial charge on any atom is 0.175 e. The van der Waals surface area contributed by atoms with Crippen LogP contribution in [0.5, 0.6) is 0 Å². The summed E-state index contributed by atoms with van der Waals surface area (Å²) in [5.41, 5.74) is 2.56. The van der Waals surface area contributed by atoms with Gasteiger partial charge >= 0.3 is 0 Å². The Kier molecular flexibility index (Phi) is 4.30. The van der Waals surface area contributed by atoms with Gasteiger partial charge in [0.05, 0.1) is 4.90 Å². The molecule has 0 saturated heterocycles. The van der Waals surface area contributed by atoms with E-state index >= 15 is 0 Å². The molecule has 1 fully saturated rings. The molecule has 0 heterocycles. The molecule has 0 amide bonds. The Balaban J connectivity index is 1.70. The molecule has 3 rings (SSSR count). The molecule has 0 N–H and O–H groups in total. The van der Waals surface area contributed by atoms with Gasteiger partial charge in [0, 0.05) is 24.3 Å². The number of likely N-dealkylation sites (N-methyl/N-ethyl adjacent to an activating group) is 1. The zero-order valence-electron chi connectivity index (χ0n) is 13.8. The molecule has 0 radical (unpaired) electrons. The normalized spacial score (nSPS) is 22.1. The van der Waals surface area contributed by atoms with E-state index in [2.05, 4.69) is 49.2 Å². The minimum absolute atomic E-state index is 0.266. The second kappa shape index (κ2) is 6.10. The van der Waals surface area contributed by atoms with Crippen molar-refractivity contribution in [1.82, 2.24) is 4.90 Å².